The number of thiophene rings is 1. The molecule has 1 aliphatic heterocycles. The number of aromatic nitrogens is 2. The zero-order valence-corrected chi connectivity index (χ0v) is 15.1. The van der Waals surface area contributed by atoms with E-state index >= 15 is 0 Å². The van der Waals surface area contributed by atoms with Crippen LogP contribution in [0.5, 0.6) is 0 Å². The molecule has 136 valence electrons. The van der Waals surface area contributed by atoms with Crippen LogP contribution in [0.1, 0.15) is 24.0 Å². The van der Waals surface area contributed by atoms with Crippen LogP contribution < -0.4 is 5.32 Å². The number of fused-ring (bicyclic) bond motifs is 1. The highest BCUT2D eigenvalue weighted by molar-refractivity contribution is 7.07. The molecule has 1 aliphatic rings. The van der Waals surface area contributed by atoms with E-state index in [-0.39, 0.29) is 12.1 Å². The van der Waals surface area contributed by atoms with Crippen molar-refractivity contribution in [1.82, 2.24) is 20.5 Å². The van der Waals surface area contributed by atoms with Crippen molar-refractivity contribution in [3.8, 4) is 0 Å². The van der Waals surface area contributed by atoms with E-state index in [0.29, 0.717) is 30.7 Å². The highest BCUT2D eigenvalue weighted by Crippen LogP contribution is 2.17. The summed E-state index contributed by atoms with van der Waals surface area (Å²) >= 11 is 1.64. The van der Waals surface area contributed by atoms with Crippen LogP contribution in [0.25, 0.3) is 11.0 Å². The standard InChI is InChI=1S/C18H20N4O3S/c23-18(19-9-13-3-4-16-17(8-13)21-25-20-16)22(10-14-5-7-26-12-14)11-15-2-1-6-24-15/h3-5,7-8,12,15H,1-2,6,9-11H2,(H,19,23)/t15-/m1/s1. The normalized spacial score (nSPS) is 16.8. The summed E-state index contributed by atoms with van der Waals surface area (Å²) in [4.78, 5) is 14.6. The largest absolute Gasteiger partial charge is 0.376 e. The van der Waals surface area contributed by atoms with Gasteiger partial charge in [-0.3, -0.25) is 0 Å². The summed E-state index contributed by atoms with van der Waals surface area (Å²) in [6.45, 7) is 2.40. The van der Waals surface area contributed by atoms with Gasteiger partial charge in [0.1, 0.15) is 11.0 Å². The third-order valence-corrected chi connectivity index (χ3v) is 5.18. The van der Waals surface area contributed by atoms with E-state index in [4.69, 9.17) is 9.37 Å². The molecule has 3 aromatic rings. The molecule has 0 unspecified atom stereocenters. The average Bonchev–Trinajstić information content (AvgIpc) is 3.40. The van der Waals surface area contributed by atoms with Crippen molar-refractivity contribution < 1.29 is 14.2 Å². The summed E-state index contributed by atoms with van der Waals surface area (Å²) in [6, 6.07) is 7.57. The number of carbonyl (C=O) groups excluding carboxylic acids is 1. The Labute approximate surface area is 154 Å². The fourth-order valence-corrected chi connectivity index (χ4v) is 3.74. The van der Waals surface area contributed by atoms with Crippen LogP contribution in [0.15, 0.2) is 39.7 Å². The Morgan fingerprint density at radius 3 is 3.00 bits per heavy atom. The van der Waals surface area contributed by atoms with Crippen LogP contribution in [-0.2, 0) is 17.8 Å². The van der Waals surface area contributed by atoms with E-state index in [1.807, 2.05) is 34.5 Å². The second-order valence-corrected chi connectivity index (χ2v) is 7.17. The fourth-order valence-electron chi connectivity index (χ4n) is 3.08. The van der Waals surface area contributed by atoms with Crippen molar-refractivity contribution in [2.75, 3.05) is 13.2 Å². The van der Waals surface area contributed by atoms with Gasteiger partial charge < -0.3 is 15.0 Å². The van der Waals surface area contributed by atoms with E-state index in [9.17, 15) is 4.79 Å². The minimum Gasteiger partial charge on any atom is -0.376 e. The van der Waals surface area contributed by atoms with Gasteiger partial charge in [-0.25, -0.2) is 9.42 Å². The van der Waals surface area contributed by atoms with Gasteiger partial charge in [-0.1, -0.05) is 6.07 Å². The molecular formula is C18H20N4O3S. The van der Waals surface area contributed by atoms with E-state index in [2.05, 4.69) is 21.0 Å². The fraction of sp³-hybridized carbons (Fsp3) is 0.389. The maximum atomic E-state index is 12.8. The van der Waals surface area contributed by atoms with Crippen LogP contribution in [0, 0.1) is 0 Å². The molecule has 3 heterocycles. The number of nitrogens with zero attached hydrogens (tertiary/aromatic N) is 3. The first-order valence-electron chi connectivity index (χ1n) is 8.64. The molecular weight excluding hydrogens is 352 g/mol. The van der Waals surface area contributed by atoms with E-state index < -0.39 is 0 Å². The maximum Gasteiger partial charge on any atom is 0.318 e. The van der Waals surface area contributed by atoms with Gasteiger partial charge in [0.25, 0.3) is 0 Å². The predicted octanol–water partition coefficient (Wildman–Crippen LogP) is 3.18. The summed E-state index contributed by atoms with van der Waals surface area (Å²) < 4.78 is 10.4. The first-order valence-corrected chi connectivity index (χ1v) is 9.59. The zero-order valence-electron chi connectivity index (χ0n) is 14.3. The molecule has 1 saturated heterocycles. The van der Waals surface area contributed by atoms with Gasteiger partial charge in [0.15, 0.2) is 0 Å². The minimum atomic E-state index is -0.0925. The van der Waals surface area contributed by atoms with Crippen LogP contribution >= 0.6 is 11.3 Å². The number of rotatable bonds is 6. The first kappa shape index (κ1) is 17.0. The van der Waals surface area contributed by atoms with Gasteiger partial charge in [-0.15, -0.1) is 0 Å². The lowest BCUT2D eigenvalue weighted by molar-refractivity contribution is 0.0794. The van der Waals surface area contributed by atoms with Crippen molar-refractivity contribution in [3.05, 3.63) is 46.2 Å². The number of hydrogen-bond donors (Lipinski definition) is 1. The molecule has 0 radical (unpaired) electrons. The summed E-state index contributed by atoms with van der Waals surface area (Å²) in [5.74, 6) is 0. The topological polar surface area (TPSA) is 80.5 Å². The van der Waals surface area contributed by atoms with Gasteiger partial charge in [-0.05, 0) is 63.2 Å². The summed E-state index contributed by atoms with van der Waals surface area (Å²) in [5.41, 5.74) is 3.48. The third-order valence-electron chi connectivity index (χ3n) is 4.45. The quantitative estimate of drug-likeness (QED) is 0.719. The molecule has 0 aliphatic carbocycles. The van der Waals surface area contributed by atoms with Gasteiger partial charge in [-0.2, -0.15) is 11.3 Å². The van der Waals surface area contributed by atoms with Crippen LogP contribution in [0.2, 0.25) is 0 Å². The lowest BCUT2D eigenvalue weighted by atomic mass is 10.2. The molecule has 1 atom stereocenters. The molecule has 2 aromatic heterocycles. The second kappa shape index (κ2) is 7.84. The molecule has 0 saturated carbocycles. The monoisotopic (exact) mass is 372 g/mol. The Kier molecular flexibility index (Phi) is 5.12. The Balaban J connectivity index is 1.40. The van der Waals surface area contributed by atoms with Crippen molar-refractivity contribution in [3.63, 3.8) is 0 Å². The summed E-state index contributed by atoms with van der Waals surface area (Å²) in [7, 11) is 0. The predicted molar refractivity (Wildman–Crippen MR) is 97.7 cm³/mol. The average molecular weight is 372 g/mol. The van der Waals surface area contributed by atoms with Crippen LogP contribution in [0.3, 0.4) is 0 Å². The molecule has 1 aromatic carbocycles. The highest BCUT2D eigenvalue weighted by Gasteiger charge is 2.23. The Hall–Kier alpha value is -2.45. The summed E-state index contributed by atoms with van der Waals surface area (Å²) in [5, 5.41) is 14.7. The van der Waals surface area contributed by atoms with Gasteiger partial charge in [0.2, 0.25) is 0 Å². The lowest BCUT2D eigenvalue weighted by Crippen LogP contribution is -2.43. The molecule has 1 fully saturated rings. The smallest absolute Gasteiger partial charge is 0.318 e. The first-order chi connectivity index (χ1) is 12.8. The van der Waals surface area contributed by atoms with Crippen molar-refractivity contribution in [2.24, 2.45) is 0 Å². The molecule has 4 rings (SSSR count). The SMILES string of the molecule is O=C(NCc1ccc2nonc2c1)N(Cc1ccsc1)C[C@H]1CCCO1. The molecule has 2 amide bonds. The maximum absolute atomic E-state index is 12.8. The second-order valence-electron chi connectivity index (χ2n) is 6.39. The summed E-state index contributed by atoms with van der Waals surface area (Å²) in [6.07, 6.45) is 2.19. The van der Waals surface area contributed by atoms with Gasteiger partial charge in [0, 0.05) is 26.2 Å². The molecule has 8 heteroatoms. The van der Waals surface area contributed by atoms with Crippen LogP contribution in [0.4, 0.5) is 4.79 Å². The van der Waals surface area contributed by atoms with E-state index in [1.54, 1.807) is 11.3 Å². The van der Waals surface area contributed by atoms with Crippen molar-refractivity contribution in [2.45, 2.75) is 32.0 Å². The number of urea groups is 1. The number of nitrogens with one attached hydrogen (secondary N) is 1. The number of hydrogen-bond acceptors (Lipinski definition) is 6. The van der Waals surface area contributed by atoms with Crippen molar-refractivity contribution >= 4 is 28.4 Å². The Morgan fingerprint density at radius 2 is 2.19 bits per heavy atom. The Bertz CT molecular complexity index is 858. The number of benzene rings is 1. The van der Waals surface area contributed by atoms with Crippen LogP contribution in [-0.4, -0.2) is 40.5 Å². The number of ether oxygens (including phenoxy) is 1. The van der Waals surface area contributed by atoms with E-state index in [0.717, 1.165) is 30.6 Å². The molecule has 26 heavy (non-hydrogen) atoms. The molecule has 1 N–H and O–H groups in total. The van der Waals surface area contributed by atoms with E-state index in [1.165, 1.54) is 0 Å². The lowest BCUT2D eigenvalue weighted by Gasteiger charge is -2.25. The number of carbonyl (C=O) groups is 1. The molecule has 7 nitrogen and oxygen atoms in total. The molecule has 0 bridgehead atoms. The van der Waals surface area contributed by atoms with Gasteiger partial charge >= 0.3 is 6.03 Å². The minimum absolute atomic E-state index is 0.0925. The zero-order chi connectivity index (χ0) is 17.8. The van der Waals surface area contributed by atoms with Crippen molar-refractivity contribution in [1.29, 1.82) is 0 Å². The number of amides is 2. The molecule has 0 spiro atoms. The third kappa shape index (κ3) is 4.03. The highest BCUT2D eigenvalue weighted by atomic mass is 32.1. The van der Waals surface area contributed by atoms with Gasteiger partial charge in [0.05, 0.1) is 6.10 Å². The Morgan fingerprint density at radius 1 is 1.27 bits per heavy atom.